The van der Waals surface area contributed by atoms with E-state index in [1.54, 1.807) is 4.90 Å². The van der Waals surface area contributed by atoms with Gasteiger partial charge >= 0.3 is 18.1 Å². The predicted octanol–water partition coefficient (Wildman–Crippen LogP) is 3.95. The quantitative estimate of drug-likeness (QED) is 0.365. The normalized spacial score (nSPS) is 27.3. The standard InChI is InChI=1S/C28H39N9O3/c38-27(32-21-9-10-22(15-21)37-13-14-40-28(37)39)31-20-7-5-18(6-8-20)17-30-26-29-12-11-24(34-26)33-25-16-23(35-36-25)19-3-1-2-4-19/h11-12,16-22H,1-10,13-15H2,(H2,31,32,38)(H2,29,33,34,35,36)/p+1/b30-17-. The molecule has 0 aromatic carbocycles. The van der Waals surface area contributed by atoms with Gasteiger partial charge in [-0.1, -0.05) is 22.8 Å². The number of carbonyl (C=O) groups is 2. The first-order valence-electron chi connectivity index (χ1n) is 14.8. The number of aliphatic imine (C=N–C) groups is 1. The van der Waals surface area contributed by atoms with E-state index in [0.29, 0.717) is 36.8 Å². The molecule has 0 spiro atoms. The average Bonchev–Trinajstić information content (AvgIpc) is 3.77. The zero-order valence-corrected chi connectivity index (χ0v) is 22.9. The Kier molecular flexibility index (Phi) is 8.10. The van der Waals surface area contributed by atoms with Crippen molar-refractivity contribution < 1.29 is 19.3 Å². The summed E-state index contributed by atoms with van der Waals surface area (Å²) in [5, 5.41) is 17.1. The second-order valence-corrected chi connectivity index (χ2v) is 11.6. The molecule has 3 aliphatic carbocycles. The number of hydrogen-bond acceptors (Lipinski definition) is 7. The summed E-state index contributed by atoms with van der Waals surface area (Å²) in [5.74, 6) is 2.96. The summed E-state index contributed by atoms with van der Waals surface area (Å²) >= 11 is 0. The molecule has 2 atom stereocenters. The smallest absolute Gasteiger partial charge is 0.432 e. The van der Waals surface area contributed by atoms with E-state index in [4.69, 9.17) is 4.74 Å². The molecule has 3 heterocycles. The number of H-pyrrole nitrogens is 2. The van der Waals surface area contributed by atoms with Crippen molar-refractivity contribution in [3.05, 3.63) is 24.0 Å². The first kappa shape index (κ1) is 26.5. The van der Waals surface area contributed by atoms with Crippen LogP contribution in [0, 0.1) is 5.92 Å². The summed E-state index contributed by atoms with van der Waals surface area (Å²) in [6.45, 7) is 1.12. The van der Waals surface area contributed by atoms with E-state index >= 15 is 0 Å². The number of aromatic nitrogens is 4. The van der Waals surface area contributed by atoms with Gasteiger partial charge in [-0.15, -0.1) is 0 Å². The van der Waals surface area contributed by atoms with Crippen LogP contribution in [0.3, 0.4) is 0 Å². The molecule has 2 aromatic rings. The Labute approximate surface area is 234 Å². The van der Waals surface area contributed by atoms with Gasteiger partial charge in [-0.05, 0) is 57.8 Å². The third-order valence-corrected chi connectivity index (χ3v) is 8.82. The maximum absolute atomic E-state index is 12.6. The Morgan fingerprint density at radius 1 is 1.07 bits per heavy atom. The second kappa shape index (κ2) is 12.2. The topological polar surface area (TPSA) is 151 Å². The minimum Gasteiger partial charge on any atom is -0.448 e. The van der Waals surface area contributed by atoms with Crippen LogP contribution in [0.5, 0.6) is 0 Å². The predicted molar refractivity (Wildman–Crippen MR) is 149 cm³/mol. The van der Waals surface area contributed by atoms with Crippen molar-refractivity contribution in [1.82, 2.24) is 30.7 Å². The van der Waals surface area contributed by atoms with E-state index in [1.165, 1.54) is 31.4 Å². The zero-order valence-electron chi connectivity index (χ0n) is 22.9. The van der Waals surface area contributed by atoms with Gasteiger partial charge in [-0.25, -0.2) is 14.6 Å². The van der Waals surface area contributed by atoms with Crippen LogP contribution < -0.4 is 20.9 Å². The fourth-order valence-corrected chi connectivity index (χ4v) is 6.60. The molecule has 12 heteroatoms. The van der Waals surface area contributed by atoms with Crippen LogP contribution in [-0.4, -0.2) is 69.7 Å². The number of hydrogen-bond donors (Lipinski definition) is 4. The molecule has 6 rings (SSSR count). The minimum absolute atomic E-state index is 0.0956. The van der Waals surface area contributed by atoms with Crippen molar-refractivity contribution in [2.45, 2.75) is 94.7 Å². The fourth-order valence-electron chi connectivity index (χ4n) is 6.60. The monoisotopic (exact) mass is 550 g/mol. The largest absolute Gasteiger partial charge is 0.448 e. The van der Waals surface area contributed by atoms with Gasteiger partial charge in [-0.3, -0.25) is 5.10 Å². The molecule has 0 radical (unpaired) electrons. The summed E-state index contributed by atoms with van der Waals surface area (Å²) in [7, 11) is 0. The third-order valence-electron chi connectivity index (χ3n) is 8.82. The lowest BCUT2D eigenvalue weighted by molar-refractivity contribution is -0.366. The van der Waals surface area contributed by atoms with E-state index in [9.17, 15) is 9.59 Å². The minimum atomic E-state index is -0.227. The maximum atomic E-state index is 12.6. The van der Waals surface area contributed by atoms with Gasteiger partial charge in [0.25, 0.3) is 0 Å². The number of nitrogens with one attached hydrogen (secondary N) is 5. The van der Waals surface area contributed by atoms with Crippen LogP contribution in [0.1, 0.15) is 82.2 Å². The lowest BCUT2D eigenvalue weighted by Gasteiger charge is -2.27. The maximum Gasteiger partial charge on any atom is 0.432 e. The number of amides is 3. The summed E-state index contributed by atoms with van der Waals surface area (Å²) in [6.07, 6.45) is 15.0. The molecule has 4 aliphatic rings. The Bertz CT molecular complexity index is 1200. The molecule has 4 fully saturated rings. The summed E-state index contributed by atoms with van der Waals surface area (Å²) in [4.78, 5) is 38.5. The molecule has 214 valence electrons. The lowest BCUT2D eigenvalue weighted by Crippen LogP contribution is -2.47. The van der Waals surface area contributed by atoms with Gasteiger partial charge in [0.05, 0.1) is 19.0 Å². The van der Waals surface area contributed by atoms with Gasteiger partial charge in [0, 0.05) is 47.8 Å². The molecular weight excluding hydrogens is 510 g/mol. The molecule has 2 unspecified atom stereocenters. The van der Waals surface area contributed by atoms with E-state index in [2.05, 4.69) is 47.2 Å². The fraction of sp³-hybridized carbons (Fsp3) is 0.643. The van der Waals surface area contributed by atoms with Crippen molar-refractivity contribution in [3.63, 3.8) is 0 Å². The molecule has 0 bridgehead atoms. The lowest BCUT2D eigenvalue weighted by atomic mass is 9.87. The van der Waals surface area contributed by atoms with Crippen LogP contribution in [0.15, 0.2) is 23.3 Å². The highest BCUT2D eigenvalue weighted by molar-refractivity contribution is 5.75. The molecule has 1 aliphatic heterocycles. The van der Waals surface area contributed by atoms with E-state index in [0.717, 1.165) is 50.8 Å². The Hall–Kier alpha value is -3.70. The highest BCUT2D eigenvalue weighted by Crippen LogP contribution is 2.34. The number of carbonyl (C=O) groups excluding carboxylic acids is 2. The van der Waals surface area contributed by atoms with Crippen LogP contribution in [-0.2, 0) is 4.74 Å². The van der Waals surface area contributed by atoms with Gasteiger partial charge in [0.15, 0.2) is 5.82 Å². The summed E-state index contributed by atoms with van der Waals surface area (Å²) in [5.41, 5.74) is 1.20. The molecule has 5 N–H and O–H groups in total. The van der Waals surface area contributed by atoms with E-state index in [-0.39, 0.29) is 30.2 Å². The van der Waals surface area contributed by atoms with Crippen molar-refractivity contribution in [2.24, 2.45) is 10.9 Å². The highest BCUT2D eigenvalue weighted by Gasteiger charge is 2.36. The van der Waals surface area contributed by atoms with E-state index < -0.39 is 0 Å². The molecule has 12 nitrogen and oxygen atoms in total. The zero-order chi connectivity index (χ0) is 27.3. The molecule has 1 saturated heterocycles. The molecule has 40 heavy (non-hydrogen) atoms. The van der Waals surface area contributed by atoms with Gasteiger partial charge in [0.2, 0.25) is 5.82 Å². The number of anilines is 2. The van der Waals surface area contributed by atoms with E-state index in [1.807, 2.05) is 18.5 Å². The molecule has 2 aromatic heterocycles. The molecular formula is C28H40N9O3+. The molecule has 3 saturated carbocycles. The van der Waals surface area contributed by atoms with Crippen molar-refractivity contribution in [1.29, 1.82) is 0 Å². The number of rotatable bonds is 8. The highest BCUT2D eigenvalue weighted by atomic mass is 16.6. The van der Waals surface area contributed by atoms with Crippen molar-refractivity contribution in [2.75, 3.05) is 18.5 Å². The van der Waals surface area contributed by atoms with Crippen molar-refractivity contribution in [3.8, 4) is 0 Å². The molecule has 3 amide bonds. The van der Waals surface area contributed by atoms with Crippen LogP contribution in [0.2, 0.25) is 0 Å². The van der Waals surface area contributed by atoms with Gasteiger partial charge in [-0.2, -0.15) is 5.10 Å². The second-order valence-electron chi connectivity index (χ2n) is 11.6. The number of cyclic esters (lactones) is 1. The Morgan fingerprint density at radius 3 is 2.67 bits per heavy atom. The average molecular weight is 551 g/mol. The number of nitrogens with zero attached hydrogens (tertiary/aromatic N) is 4. The Morgan fingerprint density at radius 2 is 1.88 bits per heavy atom. The van der Waals surface area contributed by atoms with Crippen LogP contribution in [0.4, 0.5) is 27.2 Å². The number of urea groups is 1. The SMILES string of the molecule is O=C(NC1CCC(/C=N\c2nc(Nc3cc(C4CCCC4)[nH]n3)cc[nH+]2)CC1)NC1CCC(N2CCOC2=O)C1. The number of ether oxygens (including phenoxy) is 1. The van der Waals surface area contributed by atoms with Crippen LogP contribution in [0.25, 0.3) is 0 Å². The first-order valence-corrected chi connectivity index (χ1v) is 14.8. The summed E-state index contributed by atoms with van der Waals surface area (Å²) in [6, 6.07) is 4.27. The summed E-state index contributed by atoms with van der Waals surface area (Å²) < 4.78 is 5.05. The first-order chi connectivity index (χ1) is 19.6. The van der Waals surface area contributed by atoms with Crippen molar-refractivity contribution >= 4 is 35.9 Å². The number of aromatic amines is 2. The Balaban J connectivity index is 0.921. The van der Waals surface area contributed by atoms with Crippen LogP contribution >= 0.6 is 0 Å². The van der Waals surface area contributed by atoms with Gasteiger partial charge < -0.3 is 25.6 Å². The van der Waals surface area contributed by atoms with Gasteiger partial charge in [0.1, 0.15) is 6.61 Å². The third kappa shape index (κ3) is 6.53.